The number of nitrogens with zero attached hydrogens (tertiary/aromatic N) is 4. The van der Waals surface area contributed by atoms with Crippen LogP contribution in [0.25, 0.3) is 0 Å². The maximum Gasteiger partial charge on any atom is 0.194 e. The summed E-state index contributed by atoms with van der Waals surface area (Å²) in [4.78, 5) is 13.9. The van der Waals surface area contributed by atoms with Gasteiger partial charge in [0.2, 0.25) is 0 Å². The second kappa shape index (κ2) is 9.82. The van der Waals surface area contributed by atoms with Crippen LogP contribution in [0.3, 0.4) is 0 Å². The molecule has 1 aromatic carbocycles. The first-order valence-electron chi connectivity index (χ1n) is 9.65. The van der Waals surface area contributed by atoms with Crippen LogP contribution in [0.1, 0.15) is 12.5 Å². The number of rotatable bonds is 6. The summed E-state index contributed by atoms with van der Waals surface area (Å²) in [5.41, 5.74) is 1.03. The Morgan fingerprint density at radius 3 is 2.57 bits per heavy atom. The molecule has 150 valence electrons. The van der Waals surface area contributed by atoms with Crippen LogP contribution in [-0.4, -0.2) is 62.8 Å². The van der Waals surface area contributed by atoms with Crippen LogP contribution in [0.15, 0.2) is 47.6 Å². The topological polar surface area (TPSA) is 62.2 Å². The summed E-state index contributed by atoms with van der Waals surface area (Å²) < 4.78 is 10.8. The minimum absolute atomic E-state index is 0.552. The minimum atomic E-state index is 0.552. The van der Waals surface area contributed by atoms with Crippen molar-refractivity contribution in [1.29, 1.82) is 0 Å². The molecule has 0 unspecified atom stereocenters. The van der Waals surface area contributed by atoms with Crippen LogP contribution in [0.2, 0.25) is 0 Å². The van der Waals surface area contributed by atoms with E-state index in [4.69, 9.17) is 14.5 Å². The number of pyridine rings is 1. The van der Waals surface area contributed by atoms with Gasteiger partial charge in [0.25, 0.3) is 0 Å². The van der Waals surface area contributed by atoms with Crippen molar-refractivity contribution in [2.24, 2.45) is 4.99 Å². The minimum Gasteiger partial charge on any atom is -0.497 e. The molecule has 1 aliphatic heterocycles. The standard InChI is InChI=1S/C21H29N5O2/c1-4-22-21(24-16-17-8-9-18(27-2)15-19(17)28-3)26-13-11-25(12-14-26)20-7-5-6-10-23-20/h5-10,15H,4,11-14,16H2,1-3H3,(H,22,24). The zero-order valence-corrected chi connectivity index (χ0v) is 16.9. The lowest BCUT2D eigenvalue weighted by atomic mass is 10.2. The van der Waals surface area contributed by atoms with Crippen molar-refractivity contribution in [3.63, 3.8) is 0 Å². The molecule has 1 saturated heterocycles. The molecule has 2 heterocycles. The summed E-state index contributed by atoms with van der Waals surface area (Å²) in [6.07, 6.45) is 1.84. The van der Waals surface area contributed by atoms with Gasteiger partial charge in [0.15, 0.2) is 5.96 Å². The quantitative estimate of drug-likeness (QED) is 0.610. The van der Waals surface area contributed by atoms with Crippen molar-refractivity contribution in [2.75, 3.05) is 51.8 Å². The molecule has 28 heavy (non-hydrogen) atoms. The monoisotopic (exact) mass is 383 g/mol. The van der Waals surface area contributed by atoms with Crippen LogP contribution in [0, 0.1) is 0 Å². The molecule has 0 atom stereocenters. The number of ether oxygens (including phenoxy) is 2. The molecular formula is C21H29N5O2. The van der Waals surface area contributed by atoms with Crippen LogP contribution < -0.4 is 19.7 Å². The fraction of sp³-hybridized carbons (Fsp3) is 0.429. The van der Waals surface area contributed by atoms with Gasteiger partial charge in [0.05, 0.1) is 20.8 Å². The SMILES string of the molecule is CCNC(=NCc1ccc(OC)cc1OC)N1CCN(c2ccccn2)CC1. The maximum atomic E-state index is 5.49. The van der Waals surface area contributed by atoms with Crippen molar-refractivity contribution < 1.29 is 9.47 Å². The highest BCUT2D eigenvalue weighted by atomic mass is 16.5. The van der Waals surface area contributed by atoms with Crippen LogP contribution in [0.4, 0.5) is 5.82 Å². The molecule has 7 nitrogen and oxygen atoms in total. The van der Waals surface area contributed by atoms with E-state index >= 15 is 0 Å². The number of anilines is 1. The third kappa shape index (κ3) is 4.85. The van der Waals surface area contributed by atoms with Crippen LogP contribution in [0.5, 0.6) is 11.5 Å². The van der Waals surface area contributed by atoms with E-state index in [0.717, 1.165) is 61.6 Å². The Morgan fingerprint density at radius 1 is 1.11 bits per heavy atom. The van der Waals surface area contributed by atoms with Crippen LogP contribution >= 0.6 is 0 Å². The lowest BCUT2D eigenvalue weighted by Gasteiger charge is -2.37. The lowest BCUT2D eigenvalue weighted by molar-refractivity contribution is 0.371. The third-order valence-electron chi connectivity index (χ3n) is 4.78. The zero-order chi connectivity index (χ0) is 19.8. The summed E-state index contributed by atoms with van der Waals surface area (Å²) in [7, 11) is 3.32. The van der Waals surface area contributed by atoms with E-state index in [0.29, 0.717) is 6.54 Å². The first kappa shape index (κ1) is 19.8. The highest BCUT2D eigenvalue weighted by Gasteiger charge is 2.20. The van der Waals surface area contributed by atoms with E-state index < -0.39 is 0 Å². The average molecular weight is 383 g/mol. The van der Waals surface area contributed by atoms with Gasteiger partial charge < -0.3 is 24.6 Å². The van der Waals surface area contributed by atoms with Crippen molar-refractivity contribution in [2.45, 2.75) is 13.5 Å². The van der Waals surface area contributed by atoms with Crippen LogP contribution in [-0.2, 0) is 6.54 Å². The number of aliphatic imine (C=N–C) groups is 1. The molecule has 0 saturated carbocycles. The molecule has 1 aliphatic rings. The number of hydrogen-bond donors (Lipinski definition) is 1. The number of piperazine rings is 1. The van der Waals surface area contributed by atoms with Gasteiger partial charge in [-0.05, 0) is 31.2 Å². The van der Waals surface area contributed by atoms with Gasteiger partial charge in [0.1, 0.15) is 17.3 Å². The fourth-order valence-corrected chi connectivity index (χ4v) is 3.26. The molecule has 0 bridgehead atoms. The fourth-order valence-electron chi connectivity index (χ4n) is 3.26. The summed E-state index contributed by atoms with van der Waals surface area (Å²) in [5, 5.41) is 3.41. The number of benzene rings is 1. The molecule has 7 heteroatoms. The Labute approximate surface area is 167 Å². The predicted octanol–water partition coefficient (Wildman–Crippen LogP) is 2.39. The smallest absolute Gasteiger partial charge is 0.194 e. The van der Waals surface area contributed by atoms with E-state index in [1.165, 1.54) is 0 Å². The zero-order valence-electron chi connectivity index (χ0n) is 16.9. The number of hydrogen-bond acceptors (Lipinski definition) is 5. The van der Waals surface area contributed by atoms with E-state index in [1.54, 1.807) is 14.2 Å². The van der Waals surface area contributed by atoms with Crippen molar-refractivity contribution in [3.05, 3.63) is 48.2 Å². The molecule has 0 radical (unpaired) electrons. The van der Waals surface area contributed by atoms with E-state index in [9.17, 15) is 0 Å². The van der Waals surface area contributed by atoms with E-state index in [-0.39, 0.29) is 0 Å². The second-order valence-corrected chi connectivity index (χ2v) is 6.51. The van der Waals surface area contributed by atoms with Gasteiger partial charge in [-0.2, -0.15) is 0 Å². The van der Waals surface area contributed by atoms with Gasteiger partial charge in [-0.25, -0.2) is 9.98 Å². The highest BCUT2D eigenvalue weighted by Crippen LogP contribution is 2.25. The number of methoxy groups -OCH3 is 2. The summed E-state index contributed by atoms with van der Waals surface area (Å²) >= 11 is 0. The molecule has 1 aromatic heterocycles. The Morgan fingerprint density at radius 2 is 1.93 bits per heavy atom. The van der Waals surface area contributed by atoms with Gasteiger partial charge in [-0.1, -0.05) is 6.07 Å². The summed E-state index contributed by atoms with van der Waals surface area (Å²) in [6, 6.07) is 11.9. The van der Waals surface area contributed by atoms with Crippen molar-refractivity contribution >= 4 is 11.8 Å². The molecule has 1 fully saturated rings. The Bertz CT molecular complexity index is 774. The lowest BCUT2D eigenvalue weighted by Crippen LogP contribution is -2.52. The summed E-state index contributed by atoms with van der Waals surface area (Å²) in [6.45, 7) is 7.13. The molecule has 3 rings (SSSR count). The van der Waals surface area contributed by atoms with Gasteiger partial charge in [-0.15, -0.1) is 0 Å². The molecule has 0 amide bonds. The van der Waals surface area contributed by atoms with Gasteiger partial charge >= 0.3 is 0 Å². The number of aromatic nitrogens is 1. The average Bonchev–Trinajstić information content (AvgIpc) is 2.77. The predicted molar refractivity (Wildman–Crippen MR) is 112 cm³/mol. The van der Waals surface area contributed by atoms with Gasteiger partial charge in [0, 0.05) is 50.6 Å². The largest absolute Gasteiger partial charge is 0.497 e. The second-order valence-electron chi connectivity index (χ2n) is 6.51. The molecule has 2 aromatic rings. The number of nitrogens with one attached hydrogen (secondary N) is 1. The van der Waals surface area contributed by atoms with Crippen molar-refractivity contribution in [1.82, 2.24) is 15.2 Å². The first-order valence-corrected chi connectivity index (χ1v) is 9.65. The van der Waals surface area contributed by atoms with Gasteiger partial charge in [-0.3, -0.25) is 0 Å². The molecule has 1 N–H and O–H groups in total. The normalized spacial score (nSPS) is 14.8. The Kier molecular flexibility index (Phi) is 6.94. The maximum absolute atomic E-state index is 5.49. The summed E-state index contributed by atoms with van der Waals surface area (Å²) in [5.74, 6) is 3.54. The first-order chi connectivity index (χ1) is 13.7. The van der Waals surface area contributed by atoms with Crippen molar-refractivity contribution in [3.8, 4) is 11.5 Å². The third-order valence-corrected chi connectivity index (χ3v) is 4.78. The Balaban J connectivity index is 1.67. The van der Waals surface area contributed by atoms with E-state index in [2.05, 4.69) is 33.1 Å². The highest BCUT2D eigenvalue weighted by molar-refractivity contribution is 5.80. The van der Waals surface area contributed by atoms with E-state index in [1.807, 2.05) is 36.5 Å². The number of guanidine groups is 1. The molecule has 0 spiro atoms. The molecular weight excluding hydrogens is 354 g/mol. The Hall–Kier alpha value is -2.96. The molecule has 0 aliphatic carbocycles.